The van der Waals surface area contributed by atoms with Gasteiger partial charge in [0.25, 0.3) is 5.91 Å². The normalized spacial score (nSPS) is 23.2. The molecule has 1 aliphatic rings. The molecular weight excluding hydrogens is 224 g/mol. The van der Waals surface area contributed by atoms with Crippen LogP contribution >= 0.6 is 0 Å². The maximum absolute atomic E-state index is 12.6. The first-order valence-electron chi connectivity index (χ1n) is 6.62. The molecule has 1 amide bonds. The van der Waals surface area contributed by atoms with Crippen LogP contribution in [0.15, 0.2) is 18.2 Å². The zero-order chi connectivity index (χ0) is 13.3. The summed E-state index contributed by atoms with van der Waals surface area (Å²) in [5.41, 5.74) is 2.83. The topological polar surface area (TPSA) is 32.3 Å². The Morgan fingerprint density at radius 2 is 2.11 bits per heavy atom. The van der Waals surface area contributed by atoms with E-state index in [0.717, 1.165) is 29.8 Å². The van der Waals surface area contributed by atoms with Gasteiger partial charge in [-0.3, -0.25) is 4.79 Å². The van der Waals surface area contributed by atoms with E-state index in [1.54, 1.807) is 0 Å². The highest BCUT2D eigenvalue weighted by molar-refractivity contribution is 6.00. The molecule has 1 aromatic carbocycles. The minimum Gasteiger partial charge on any atom is -0.387 e. The van der Waals surface area contributed by atoms with Gasteiger partial charge in [0.1, 0.15) is 0 Å². The van der Waals surface area contributed by atoms with Crippen molar-refractivity contribution in [3.05, 3.63) is 29.3 Å². The maximum Gasteiger partial charge on any atom is 0.256 e. The largest absolute Gasteiger partial charge is 0.387 e. The van der Waals surface area contributed by atoms with Crippen LogP contribution in [0.2, 0.25) is 0 Å². The van der Waals surface area contributed by atoms with E-state index in [4.69, 9.17) is 0 Å². The fourth-order valence-electron chi connectivity index (χ4n) is 2.79. The van der Waals surface area contributed by atoms with E-state index in [0.29, 0.717) is 12.0 Å². The van der Waals surface area contributed by atoms with Gasteiger partial charge >= 0.3 is 0 Å². The van der Waals surface area contributed by atoms with Gasteiger partial charge in [-0.05, 0) is 38.3 Å². The first kappa shape index (κ1) is 12.9. The number of nitrogens with one attached hydrogen (secondary N) is 1. The Bertz CT molecular complexity index is 456. The van der Waals surface area contributed by atoms with Crippen molar-refractivity contribution >= 4 is 11.6 Å². The maximum atomic E-state index is 12.6. The number of nitrogens with zero attached hydrogens (tertiary/aromatic N) is 1. The zero-order valence-electron chi connectivity index (χ0n) is 11.7. The van der Waals surface area contributed by atoms with Crippen molar-refractivity contribution < 1.29 is 4.79 Å². The standard InChI is InChI=1S/C15H22N2O/c1-10-5-6-14(16-4)13(8-10)15(18)17-9-11(2)7-12(17)3/h5-6,8,11-12,16H,7,9H2,1-4H3. The Hall–Kier alpha value is -1.51. The Morgan fingerprint density at radius 1 is 1.39 bits per heavy atom. The molecule has 98 valence electrons. The fourth-order valence-corrected chi connectivity index (χ4v) is 2.79. The van der Waals surface area contributed by atoms with E-state index >= 15 is 0 Å². The molecule has 1 saturated heterocycles. The van der Waals surface area contributed by atoms with E-state index in [2.05, 4.69) is 19.2 Å². The minimum absolute atomic E-state index is 0.153. The molecular formula is C15H22N2O. The Morgan fingerprint density at radius 3 is 2.67 bits per heavy atom. The molecule has 0 bridgehead atoms. The van der Waals surface area contributed by atoms with Crippen LogP contribution in [0.25, 0.3) is 0 Å². The van der Waals surface area contributed by atoms with Gasteiger partial charge in [-0.1, -0.05) is 18.6 Å². The Labute approximate surface area is 109 Å². The summed E-state index contributed by atoms with van der Waals surface area (Å²) in [6, 6.07) is 6.33. The van der Waals surface area contributed by atoms with Crippen molar-refractivity contribution in [2.24, 2.45) is 5.92 Å². The lowest BCUT2D eigenvalue weighted by Crippen LogP contribution is -2.34. The van der Waals surface area contributed by atoms with Gasteiger partial charge in [0.05, 0.1) is 5.56 Å². The third-order valence-corrected chi connectivity index (χ3v) is 3.72. The first-order chi connectivity index (χ1) is 8.52. The second-order valence-corrected chi connectivity index (χ2v) is 5.45. The highest BCUT2D eigenvalue weighted by Crippen LogP contribution is 2.27. The summed E-state index contributed by atoms with van der Waals surface area (Å²) in [4.78, 5) is 14.6. The molecule has 0 radical (unpaired) electrons. The number of aryl methyl sites for hydroxylation is 1. The van der Waals surface area contributed by atoms with Crippen molar-refractivity contribution in [1.29, 1.82) is 0 Å². The number of hydrogen-bond acceptors (Lipinski definition) is 2. The first-order valence-corrected chi connectivity index (χ1v) is 6.62. The molecule has 0 aromatic heterocycles. The van der Waals surface area contributed by atoms with Crippen molar-refractivity contribution in [2.75, 3.05) is 18.9 Å². The van der Waals surface area contributed by atoms with Gasteiger partial charge in [0, 0.05) is 25.3 Å². The number of hydrogen-bond donors (Lipinski definition) is 1. The molecule has 0 saturated carbocycles. The average Bonchev–Trinajstić information content (AvgIpc) is 2.67. The lowest BCUT2D eigenvalue weighted by Gasteiger charge is -2.23. The van der Waals surface area contributed by atoms with Gasteiger partial charge in [-0.25, -0.2) is 0 Å². The number of amides is 1. The Kier molecular flexibility index (Phi) is 3.60. The summed E-state index contributed by atoms with van der Waals surface area (Å²) in [6.45, 7) is 7.23. The Balaban J connectivity index is 2.31. The summed E-state index contributed by atoms with van der Waals surface area (Å²) >= 11 is 0. The van der Waals surface area contributed by atoms with Gasteiger partial charge in [0.2, 0.25) is 0 Å². The van der Waals surface area contributed by atoms with E-state index in [-0.39, 0.29) is 5.91 Å². The number of rotatable bonds is 2. The molecule has 0 spiro atoms. The smallest absolute Gasteiger partial charge is 0.256 e. The second-order valence-electron chi connectivity index (χ2n) is 5.45. The van der Waals surface area contributed by atoms with Crippen LogP contribution in [0.5, 0.6) is 0 Å². The SMILES string of the molecule is CNc1ccc(C)cc1C(=O)N1CC(C)CC1C. The minimum atomic E-state index is 0.153. The fraction of sp³-hybridized carbons (Fsp3) is 0.533. The molecule has 18 heavy (non-hydrogen) atoms. The lowest BCUT2D eigenvalue weighted by atomic mass is 10.1. The van der Waals surface area contributed by atoms with Gasteiger partial charge in [-0.15, -0.1) is 0 Å². The predicted octanol–water partition coefficient (Wildman–Crippen LogP) is 2.91. The quantitative estimate of drug-likeness (QED) is 0.870. The van der Waals surface area contributed by atoms with Crippen LogP contribution < -0.4 is 5.32 Å². The van der Waals surface area contributed by atoms with E-state index in [1.807, 2.05) is 37.1 Å². The van der Waals surface area contributed by atoms with Crippen molar-refractivity contribution in [3.63, 3.8) is 0 Å². The molecule has 0 aliphatic carbocycles. The van der Waals surface area contributed by atoms with Gasteiger partial charge < -0.3 is 10.2 Å². The number of anilines is 1. The van der Waals surface area contributed by atoms with Crippen LogP contribution in [0.1, 0.15) is 36.2 Å². The number of carbonyl (C=O) groups is 1. The summed E-state index contributed by atoms with van der Waals surface area (Å²) in [7, 11) is 1.86. The molecule has 3 heteroatoms. The van der Waals surface area contributed by atoms with E-state index < -0.39 is 0 Å². The predicted molar refractivity (Wildman–Crippen MR) is 75.0 cm³/mol. The average molecular weight is 246 g/mol. The molecule has 2 atom stereocenters. The molecule has 1 aromatic rings. The van der Waals surface area contributed by atoms with Crippen LogP contribution in [-0.4, -0.2) is 30.4 Å². The van der Waals surface area contributed by atoms with Crippen LogP contribution in [0, 0.1) is 12.8 Å². The molecule has 2 unspecified atom stereocenters. The second kappa shape index (κ2) is 5.01. The van der Waals surface area contributed by atoms with Gasteiger partial charge in [0.15, 0.2) is 0 Å². The van der Waals surface area contributed by atoms with Crippen LogP contribution in [0.4, 0.5) is 5.69 Å². The summed E-state index contributed by atoms with van der Waals surface area (Å²) in [6.07, 6.45) is 1.10. The highest BCUT2D eigenvalue weighted by atomic mass is 16.2. The highest BCUT2D eigenvalue weighted by Gasteiger charge is 2.31. The van der Waals surface area contributed by atoms with Crippen molar-refractivity contribution in [1.82, 2.24) is 4.90 Å². The third kappa shape index (κ3) is 2.35. The van der Waals surface area contributed by atoms with E-state index in [9.17, 15) is 4.79 Å². The third-order valence-electron chi connectivity index (χ3n) is 3.72. The number of benzene rings is 1. The summed E-state index contributed by atoms with van der Waals surface area (Å²) < 4.78 is 0. The number of likely N-dealkylation sites (tertiary alicyclic amines) is 1. The monoisotopic (exact) mass is 246 g/mol. The molecule has 1 heterocycles. The summed E-state index contributed by atoms with van der Waals surface area (Å²) in [5.74, 6) is 0.756. The molecule has 1 N–H and O–H groups in total. The zero-order valence-corrected chi connectivity index (χ0v) is 11.7. The van der Waals surface area contributed by atoms with Crippen LogP contribution in [-0.2, 0) is 0 Å². The lowest BCUT2D eigenvalue weighted by molar-refractivity contribution is 0.0744. The van der Waals surface area contributed by atoms with Gasteiger partial charge in [-0.2, -0.15) is 0 Å². The molecule has 2 rings (SSSR count). The molecule has 1 fully saturated rings. The van der Waals surface area contributed by atoms with E-state index in [1.165, 1.54) is 0 Å². The van der Waals surface area contributed by atoms with Crippen LogP contribution in [0.3, 0.4) is 0 Å². The summed E-state index contributed by atoms with van der Waals surface area (Å²) in [5, 5.41) is 3.11. The number of carbonyl (C=O) groups excluding carboxylic acids is 1. The molecule has 1 aliphatic heterocycles. The molecule has 3 nitrogen and oxygen atoms in total. The van der Waals surface area contributed by atoms with Crippen molar-refractivity contribution in [2.45, 2.75) is 33.2 Å². The van der Waals surface area contributed by atoms with Crippen molar-refractivity contribution in [3.8, 4) is 0 Å².